The standard InChI is InChI=1S/C24H26IN3O4/c1-26-15-20(12-19-11-18(13-25)9-10-21(19)32-3)23(30)28(16-22(26)29)24(31)27(2)14-17-7-5-4-6-8-17/h4-12H,13-16H2,1-3H3/b20-12+. The molecule has 3 rings (SSSR count). The van der Waals surface area contributed by atoms with Crippen LogP contribution in [0.1, 0.15) is 16.7 Å². The average molecular weight is 547 g/mol. The highest BCUT2D eigenvalue weighted by Gasteiger charge is 2.34. The smallest absolute Gasteiger partial charge is 0.327 e. The molecule has 0 aliphatic carbocycles. The fourth-order valence-electron chi connectivity index (χ4n) is 3.47. The maximum Gasteiger partial charge on any atom is 0.327 e. The Kier molecular flexibility index (Phi) is 7.89. The van der Waals surface area contributed by atoms with Gasteiger partial charge < -0.3 is 14.5 Å². The molecule has 32 heavy (non-hydrogen) atoms. The molecule has 1 heterocycles. The van der Waals surface area contributed by atoms with E-state index >= 15 is 0 Å². The molecule has 0 bridgehead atoms. The zero-order valence-electron chi connectivity index (χ0n) is 18.4. The van der Waals surface area contributed by atoms with Gasteiger partial charge in [0.25, 0.3) is 5.91 Å². The van der Waals surface area contributed by atoms with Gasteiger partial charge in [0, 0.05) is 36.2 Å². The van der Waals surface area contributed by atoms with Crippen molar-refractivity contribution >= 4 is 46.5 Å². The van der Waals surface area contributed by atoms with Gasteiger partial charge in [-0.25, -0.2) is 4.79 Å². The van der Waals surface area contributed by atoms with Crippen LogP contribution in [-0.2, 0) is 20.6 Å². The van der Waals surface area contributed by atoms with E-state index in [1.807, 2.05) is 48.5 Å². The molecular weight excluding hydrogens is 521 g/mol. The Morgan fingerprint density at radius 1 is 1.12 bits per heavy atom. The van der Waals surface area contributed by atoms with Crippen LogP contribution < -0.4 is 4.74 Å². The highest BCUT2D eigenvalue weighted by Crippen LogP contribution is 2.25. The lowest BCUT2D eigenvalue weighted by atomic mass is 10.1. The summed E-state index contributed by atoms with van der Waals surface area (Å²) >= 11 is 2.27. The Morgan fingerprint density at radius 3 is 2.50 bits per heavy atom. The van der Waals surface area contributed by atoms with E-state index in [1.54, 1.807) is 27.3 Å². The van der Waals surface area contributed by atoms with Crippen molar-refractivity contribution in [1.82, 2.24) is 14.7 Å². The fourth-order valence-corrected chi connectivity index (χ4v) is 3.95. The third-order valence-corrected chi connectivity index (χ3v) is 6.13. The maximum atomic E-state index is 13.4. The summed E-state index contributed by atoms with van der Waals surface area (Å²) in [6, 6.07) is 14.8. The van der Waals surface area contributed by atoms with Gasteiger partial charge in [-0.3, -0.25) is 14.5 Å². The molecule has 0 saturated carbocycles. The number of benzene rings is 2. The number of carbonyl (C=O) groups is 3. The summed E-state index contributed by atoms with van der Waals surface area (Å²) in [5.74, 6) is -0.151. The molecule has 0 spiro atoms. The number of nitrogens with zero attached hydrogens (tertiary/aromatic N) is 3. The molecule has 4 amide bonds. The Labute approximate surface area is 201 Å². The quantitative estimate of drug-likeness (QED) is 0.326. The summed E-state index contributed by atoms with van der Waals surface area (Å²) in [7, 11) is 4.82. The third-order valence-electron chi connectivity index (χ3n) is 5.24. The number of likely N-dealkylation sites (N-methyl/N-ethyl adjacent to an activating group) is 1. The first-order chi connectivity index (χ1) is 15.3. The third kappa shape index (κ3) is 5.48. The predicted molar refractivity (Wildman–Crippen MR) is 131 cm³/mol. The van der Waals surface area contributed by atoms with Crippen molar-refractivity contribution in [3.63, 3.8) is 0 Å². The summed E-state index contributed by atoms with van der Waals surface area (Å²) in [6.45, 7) is 0.148. The van der Waals surface area contributed by atoms with Crippen molar-refractivity contribution in [2.24, 2.45) is 0 Å². The number of halogens is 1. The number of amides is 4. The second-order valence-electron chi connectivity index (χ2n) is 7.64. The minimum absolute atomic E-state index is 0.113. The summed E-state index contributed by atoms with van der Waals surface area (Å²) in [6.07, 6.45) is 1.71. The number of methoxy groups -OCH3 is 1. The van der Waals surface area contributed by atoms with Gasteiger partial charge in [0.1, 0.15) is 12.3 Å². The first kappa shape index (κ1) is 23.8. The molecule has 2 aromatic rings. The van der Waals surface area contributed by atoms with Crippen LogP contribution in [0.15, 0.2) is 54.1 Å². The van der Waals surface area contributed by atoms with Gasteiger partial charge in [-0.1, -0.05) is 59.0 Å². The number of rotatable bonds is 5. The van der Waals surface area contributed by atoms with Crippen molar-refractivity contribution in [1.29, 1.82) is 0 Å². The molecule has 8 heteroatoms. The maximum absolute atomic E-state index is 13.4. The van der Waals surface area contributed by atoms with Gasteiger partial charge in [-0.05, 0) is 29.3 Å². The lowest BCUT2D eigenvalue weighted by molar-refractivity contribution is -0.133. The highest BCUT2D eigenvalue weighted by molar-refractivity contribution is 14.1. The van der Waals surface area contributed by atoms with Crippen LogP contribution in [0.3, 0.4) is 0 Å². The van der Waals surface area contributed by atoms with Crippen LogP contribution in [0.4, 0.5) is 4.79 Å². The van der Waals surface area contributed by atoms with E-state index in [9.17, 15) is 14.4 Å². The molecule has 1 fully saturated rings. The molecule has 1 aliphatic rings. The number of hydrogen-bond donors (Lipinski definition) is 0. The lowest BCUT2D eigenvalue weighted by Gasteiger charge is -2.25. The van der Waals surface area contributed by atoms with Crippen LogP contribution in [0, 0.1) is 0 Å². The predicted octanol–water partition coefficient (Wildman–Crippen LogP) is 3.57. The Balaban J connectivity index is 1.93. The number of ether oxygens (including phenoxy) is 1. The van der Waals surface area contributed by atoms with E-state index in [0.717, 1.165) is 26.0 Å². The summed E-state index contributed by atoms with van der Waals surface area (Å²) in [5, 5.41) is 0. The molecule has 2 aromatic carbocycles. The largest absolute Gasteiger partial charge is 0.496 e. The van der Waals surface area contributed by atoms with E-state index in [0.29, 0.717) is 17.9 Å². The number of urea groups is 1. The van der Waals surface area contributed by atoms with Crippen LogP contribution in [0.2, 0.25) is 0 Å². The molecule has 0 atom stereocenters. The van der Waals surface area contributed by atoms with Crippen molar-refractivity contribution in [2.45, 2.75) is 11.0 Å². The molecular formula is C24H26IN3O4. The summed E-state index contributed by atoms with van der Waals surface area (Å²) < 4.78 is 6.26. The highest BCUT2D eigenvalue weighted by atomic mass is 127. The zero-order chi connectivity index (χ0) is 23.3. The number of hydrogen-bond acceptors (Lipinski definition) is 4. The molecule has 0 N–H and O–H groups in total. The molecule has 168 valence electrons. The van der Waals surface area contributed by atoms with Crippen LogP contribution in [0.5, 0.6) is 5.75 Å². The molecule has 1 aliphatic heterocycles. The molecule has 0 aromatic heterocycles. The SMILES string of the molecule is COc1ccc(CI)cc1/C=C1\CN(C)C(=O)CN(C(=O)N(C)Cc2ccccc2)C1=O. The Hall–Kier alpha value is -2.88. The van der Waals surface area contributed by atoms with Crippen LogP contribution >= 0.6 is 22.6 Å². The van der Waals surface area contributed by atoms with Gasteiger partial charge in [-0.15, -0.1) is 0 Å². The van der Waals surface area contributed by atoms with E-state index < -0.39 is 11.9 Å². The first-order valence-electron chi connectivity index (χ1n) is 10.1. The average Bonchev–Trinajstić information content (AvgIpc) is 2.90. The number of alkyl halides is 1. The second kappa shape index (κ2) is 10.6. The Morgan fingerprint density at radius 2 is 1.84 bits per heavy atom. The Bertz CT molecular complexity index is 1040. The minimum Gasteiger partial charge on any atom is -0.496 e. The number of imide groups is 1. The van der Waals surface area contributed by atoms with Crippen molar-refractivity contribution in [3.05, 3.63) is 70.8 Å². The summed E-state index contributed by atoms with van der Waals surface area (Å²) in [4.78, 5) is 43.0. The van der Waals surface area contributed by atoms with Crippen LogP contribution in [-0.4, -0.2) is 66.8 Å². The van der Waals surface area contributed by atoms with Crippen molar-refractivity contribution in [2.75, 3.05) is 34.3 Å². The lowest BCUT2D eigenvalue weighted by Crippen LogP contribution is -2.46. The van der Waals surface area contributed by atoms with Gasteiger partial charge in [0.15, 0.2) is 0 Å². The van der Waals surface area contributed by atoms with Gasteiger partial charge in [-0.2, -0.15) is 0 Å². The van der Waals surface area contributed by atoms with E-state index in [-0.39, 0.29) is 19.0 Å². The number of carbonyl (C=O) groups excluding carboxylic acids is 3. The van der Waals surface area contributed by atoms with Gasteiger partial charge in [0.05, 0.1) is 13.7 Å². The zero-order valence-corrected chi connectivity index (χ0v) is 20.5. The minimum atomic E-state index is -0.513. The monoisotopic (exact) mass is 547 g/mol. The fraction of sp³-hybridized carbons (Fsp3) is 0.292. The van der Waals surface area contributed by atoms with E-state index in [2.05, 4.69) is 22.6 Å². The van der Waals surface area contributed by atoms with E-state index in [4.69, 9.17) is 4.74 Å². The van der Waals surface area contributed by atoms with Gasteiger partial charge >= 0.3 is 6.03 Å². The first-order valence-corrected chi connectivity index (χ1v) is 11.6. The molecule has 0 radical (unpaired) electrons. The molecule has 7 nitrogen and oxygen atoms in total. The topological polar surface area (TPSA) is 70.2 Å². The van der Waals surface area contributed by atoms with Crippen LogP contribution in [0.25, 0.3) is 6.08 Å². The molecule has 1 saturated heterocycles. The molecule has 0 unspecified atom stereocenters. The van der Waals surface area contributed by atoms with Crippen molar-refractivity contribution < 1.29 is 19.1 Å². The second-order valence-corrected chi connectivity index (χ2v) is 8.41. The van der Waals surface area contributed by atoms with Crippen molar-refractivity contribution in [3.8, 4) is 5.75 Å². The normalized spacial score (nSPS) is 15.7. The van der Waals surface area contributed by atoms with E-state index in [1.165, 1.54) is 9.80 Å². The summed E-state index contributed by atoms with van der Waals surface area (Å²) in [5.41, 5.74) is 3.10. The van der Waals surface area contributed by atoms with Gasteiger partial charge in [0.2, 0.25) is 5.91 Å².